The summed E-state index contributed by atoms with van der Waals surface area (Å²) in [5, 5.41) is 0. The Morgan fingerprint density at radius 2 is 0.800 bits per heavy atom. The minimum atomic E-state index is 0.821. The van der Waals surface area contributed by atoms with Gasteiger partial charge in [0, 0.05) is 23.1 Å². The molecule has 0 aliphatic heterocycles. The van der Waals surface area contributed by atoms with Gasteiger partial charge < -0.3 is 14.4 Å². The van der Waals surface area contributed by atoms with Crippen molar-refractivity contribution >= 4 is 28.6 Å². The smallest absolute Gasteiger partial charge is 0.118 e. The third-order valence-corrected chi connectivity index (χ3v) is 8.82. The van der Waals surface area contributed by atoms with Crippen molar-refractivity contribution in [1.82, 2.24) is 0 Å². The second kappa shape index (κ2) is 15.9. The summed E-state index contributed by atoms with van der Waals surface area (Å²) >= 11 is 0. The molecule has 0 bridgehead atoms. The third kappa shape index (κ3) is 8.32. The Balaban J connectivity index is 1.37. The molecule has 6 aromatic carbocycles. The lowest BCUT2D eigenvalue weighted by molar-refractivity contribution is 0.414. The highest BCUT2D eigenvalue weighted by Gasteiger charge is 2.13. The number of methoxy groups -OCH3 is 2. The van der Waals surface area contributed by atoms with E-state index >= 15 is 0 Å². The van der Waals surface area contributed by atoms with Crippen LogP contribution >= 0.6 is 0 Å². The van der Waals surface area contributed by atoms with Crippen molar-refractivity contribution in [2.24, 2.45) is 0 Å². The van der Waals surface area contributed by atoms with Crippen LogP contribution in [0.25, 0.3) is 17.2 Å². The molecule has 6 aromatic rings. The van der Waals surface area contributed by atoms with Gasteiger partial charge in [-0.25, -0.2) is 0 Å². The predicted molar refractivity (Wildman–Crippen MR) is 211 cm³/mol. The highest BCUT2D eigenvalue weighted by atomic mass is 16.5. The van der Waals surface area contributed by atoms with Crippen LogP contribution < -0.4 is 14.4 Å². The molecule has 3 nitrogen and oxygen atoms in total. The number of allylic oxidation sites excluding steroid dienone is 2. The molecule has 0 saturated heterocycles. The second-order valence-electron chi connectivity index (χ2n) is 12.5. The van der Waals surface area contributed by atoms with Crippen LogP contribution in [0.4, 0.5) is 11.4 Å². The first-order valence-corrected chi connectivity index (χ1v) is 16.9. The van der Waals surface area contributed by atoms with Gasteiger partial charge in [-0.2, -0.15) is 0 Å². The summed E-state index contributed by atoms with van der Waals surface area (Å²) in [5.74, 6) is 1.64. The van der Waals surface area contributed by atoms with E-state index in [1.165, 1.54) is 33.4 Å². The number of aryl methyl sites for hydroxylation is 3. The van der Waals surface area contributed by atoms with Gasteiger partial charge in [0.25, 0.3) is 0 Å². The molecule has 6 rings (SSSR count). The first-order chi connectivity index (χ1) is 24.4. The molecule has 0 N–H and O–H groups in total. The SMILES string of the molecule is COc1ccc(C(=CN(c2ccc(C)cc2)c2ccc(C=CC=C(c3ccc(C)cc3)c3ccc(C)cc3)cc2)c2ccc(OC)cc2)cc1. The number of ether oxygens (including phenoxy) is 2. The maximum Gasteiger partial charge on any atom is 0.118 e. The summed E-state index contributed by atoms with van der Waals surface area (Å²) in [6, 6.07) is 51.2. The topological polar surface area (TPSA) is 21.7 Å². The fraction of sp³-hybridized carbons (Fsp3) is 0.106. The van der Waals surface area contributed by atoms with Crippen molar-refractivity contribution in [3.63, 3.8) is 0 Å². The quantitative estimate of drug-likeness (QED) is 0.130. The molecule has 0 amide bonds. The van der Waals surface area contributed by atoms with Crippen LogP contribution in [0.15, 0.2) is 164 Å². The maximum absolute atomic E-state index is 5.47. The largest absolute Gasteiger partial charge is 0.497 e. The van der Waals surface area contributed by atoms with Gasteiger partial charge in [0.1, 0.15) is 11.5 Å². The van der Waals surface area contributed by atoms with Gasteiger partial charge in [-0.3, -0.25) is 0 Å². The van der Waals surface area contributed by atoms with Crippen LogP contribution in [0.2, 0.25) is 0 Å². The molecule has 50 heavy (non-hydrogen) atoms. The molecule has 0 heterocycles. The van der Waals surface area contributed by atoms with Crippen molar-refractivity contribution in [1.29, 1.82) is 0 Å². The first-order valence-electron chi connectivity index (χ1n) is 16.9. The zero-order chi connectivity index (χ0) is 34.9. The molecule has 0 aromatic heterocycles. The van der Waals surface area contributed by atoms with E-state index in [4.69, 9.17) is 9.47 Å². The zero-order valence-electron chi connectivity index (χ0n) is 29.4. The highest BCUT2D eigenvalue weighted by molar-refractivity contribution is 5.85. The van der Waals surface area contributed by atoms with Gasteiger partial charge in [-0.1, -0.05) is 132 Å². The average Bonchev–Trinajstić information content (AvgIpc) is 3.16. The van der Waals surface area contributed by atoms with Crippen LogP contribution in [0.5, 0.6) is 11.5 Å². The number of benzene rings is 6. The molecule has 0 aliphatic carbocycles. The fourth-order valence-corrected chi connectivity index (χ4v) is 5.82. The number of hydrogen-bond acceptors (Lipinski definition) is 3. The number of rotatable bonds is 11. The molecule has 0 radical (unpaired) electrons. The van der Waals surface area contributed by atoms with Crippen LogP contribution in [0.3, 0.4) is 0 Å². The molecule has 0 fully saturated rings. The van der Waals surface area contributed by atoms with E-state index in [1.54, 1.807) is 14.2 Å². The monoisotopic (exact) mass is 653 g/mol. The van der Waals surface area contributed by atoms with Gasteiger partial charge >= 0.3 is 0 Å². The molecule has 3 heteroatoms. The molecule has 0 aliphatic rings. The third-order valence-electron chi connectivity index (χ3n) is 8.82. The maximum atomic E-state index is 5.47. The Hall–Kier alpha value is -6.06. The van der Waals surface area contributed by atoms with Crippen molar-refractivity contribution < 1.29 is 9.47 Å². The summed E-state index contributed by atoms with van der Waals surface area (Å²) in [6.07, 6.45) is 8.74. The van der Waals surface area contributed by atoms with E-state index in [0.717, 1.165) is 45.1 Å². The molecule has 0 spiro atoms. The Labute approximate surface area is 297 Å². The standard InChI is InChI=1S/C47H43NO2/c1-34-9-17-38(18-10-34)46(39-19-11-35(2)12-20-39)8-6-7-37-15-27-43(28-16-37)48(42-25-13-36(3)14-26-42)33-47(40-21-29-44(49-4)30-22-40)41-23-31-45(50-5)32-24-41/h6-33H,1-5H3. The van der Waals surface area contributed by atoms with Gasteiger partial charge in [-0.05, 0) is 103 Å². The summed E-state index contributed by atoms with van der Waals surface area (Å²) in [7, 11) is 3.38. The van der Waals surface area contributed by atoms with Crippen molar-refractivity contribution in [3.05, 3.63) is 208 Å². The zero-order valence-corrected chi connectivity index (χ0v) is 29.4. The minimum Gasteiger partial charge on any atom is -0.497 e. The molecular formula is C47H43NO2. The average molecular weight is 654 g/mol. The lowest BCUT2D eigenvalue weighted by atomic mass is 9.96. The lowest BCUT2D eigenvalue weighted by Crippen LogP contribution is -2.10. The van der Waals surface area contributed by atoms with Crippen LogP contribution in [0.1, 0.15) is 44.5 Å². The molecular weight excluding hydrogens is 611 g/mol. The van der Waals surface area contributed by atoms with E-state index in [-0.39, 0.29) is 0 Å². The summed E-state index contributed by atoms with van der Waals surface area (Å²) < 4.78 is 10.9. The predicted octanol–water partition coefficient (Wildman–Crippen LogP) is 12.0. The highest BCUT2D eigenvalue weighted by Crippen LogP contribution is 2.33. The van der Waals surface area contributed by atoms with Crippen LogP contribution in [-0.2, 0) is 0 Å². The molecule has 248 valence electrons. The number of anilines is 2. The first kappa shape index (κ1) is 33.8. The van der Waals surface area contributed by atoms with Gasteiger partial charge in [0.15, 0.2) is 0 Å². The van der Waals surface area contributed by atoms with Gasteiger partial charge in [0.2, 0.25) is 0 Å². The van der Waals surface area contributed by atoms with Crippen LogP contribution in [0, 0.1) is 20.8 Å². The van der Waals surface area contributed by atoms with Crippen molar-refractivity contribution in [2.45, 2.75) is 20.8 Å². The van der Waals surface area contributed by atoms with E-state index in [0.29, 0.717) is 0 Å². The Kier molecular flexibility index (Phi) is 10.8. The number of nitrogens with zero attached hydrogens (tertiary/aromatic N) is 1. The van der Waals surface area contributed by atoms with Gasteiger partial charge in [-0.15, -0.1) is 0 Å². The lowest BCUT2D eigenvalue weighted by Gasteiger charge is -2.24. The Bertz CT molecular complexity index is 1990. The van der Waals surface area contributed by atoms with Crippen molar-refractivity contribution in [3.8, 4) is 11.5 Å². The Morgan fingerprint density at radius 1 is 0.440 bits per heavy atom. The second-order valence-corrected chi connectivity index (χ2v) is 12.5. The summed E-state index contributed by atoms with van der Waals surface area (Å²) in [5.41, 5.74) is 13.8. The van der Waals surface area contributed by atoms with E-state index in [1.807, 2.05) is 24.3 Å². The van der Waals surface area contributed by atoms with E-state index in [2.05, 4.69) is 171 Å². The van der Waals surface area contributed by atoms with Crippen LogP contribution in [-0.4, -0.2) is 14.2 Å². The molecule has 0 saturated carbocycles. The molecule has 0 unspecified atom stereocenters. The summed E-state index contributed by atoms with van der Waals surface area (Å²) in [6.45, 7) is 6.36. The van der Waals surface area contributed by atoms with E-state index in [9.17, 15) is 0 Å². The minimum absolute atomic E-state index is 0.821. The Morgan fingerprint density at radius 3 is 1.22 bits per heavy atom. The normalized spacial score (nSPS) is 10.8. The molecule has 0 atom stereocenters. The summed E-state index contributed by atoms with van der Waals surface area (Å²) in [4.78, 5) is 2.25. The number of hydrogen-bond donors (Lipinski definition) is 0. The fourth-order valence-electron chi connectivity index (χ4n) is 5.82. The van der Waals surface area contributed by atoms with E-state index < -0.39 is 0 Å². The van der Waals surface area contributed by atoms with Crippen molar-refractivity contribution in [2.75, 3.05) is 19.1 Å². The van der Waals surface area contributed by atoms with Gasteiger partial charge in [0.05, 0.1) is 14.2 Å².